The van der Waals surface area contributed by atoms with Crippen molar-refractivity contribution in [2.45, 2.75) is 6.92 Å². The summed E-state index contributed by atoms with van der Waals surface area (Å²) in [6.45, 7) is 1.97. The van der Waals surface area contributed by atoms with E-state index in [1.165, 1.54) is 0 Å². The van der Waals surface area contributed by atoms with Gasteiger partial charge in [0.25, 0.3) is 5.91 Å². The highest BCUT2D eigenvalue weighted by Gasteiger charge is 2.08. The first-order chi connectivity index (χ1) is 9.74. The summed E-state index contributed by atoms with van der Waals surface area (Å²) in [5, 5.41) is 3.89. The first kappa shape index (κ1) is 12.4. The zero-order valence-electron chi connectivity index (χ0n) is 11.1. The molecule has 0 aliphatic rings. The van der Waals surface area contributed by atoms with Crippen molar-refractivity contribution in [1.29, 1.82) is 0 Å². The third-order valence-electron chi connectivity index (χ3n) is 3.17. The van der Waals surface area contributed by atoms with Gasteiger partial charge in [-0.1, -0.05) is 23.8 Å². The van der Waals surface area contributed by atoms with Crippen molar-refractivity contribution in [3.05, 3.63) is 71.9 Å². The van der Waals surface area contributed by atoms with E-state index in [9.17, 15) is 4.79 Å². The standard InChI is InChI=1S/C17H14N2O/c1-12-5-2-6-13(11-12)17(20)19-16-9-3-8-15-14(16)7-4-10-18-15/h2-11H,1H3,(H,19,20). The molecule has 0 spiro atoms. The molecule has 1 amide bonds. The van der Waals surface area contributed by atoms with Gasteiger partial charge in [-0.05, 0) is 43.3 Å². The maximum absolute atomic E-state index is 12.3. The lowest BCUT2D eigenvalue weighted by Gasteiger charge is -2.08. The van der Waals surface area contributed by atoms with Crippen LogP contribution in [0.15, 0.2) is 60.8 Å². The average molecular weight is 262 g/mol. The molecule has 3 rings (SSSR count). The molecule has 3 heteroatoms. The molecule has 3 nitrogen and oxygen atoms in total. The number of aryl methyl sites for hydroxylation is 1. The summed E-state index contributed by atoms with van der Waals surface area (Å²) in [6.07, 6.45) is 1.74. The predicted octanol–water partition coefficient (Wildman–Crippen LogP) is 3.80. The number of benzene rings is 2. The SMILES string of the molecule is Cc1cccc(C(=O)Nc2cccc3ncccc23)c1. The number of anilines is 1. The number of aromatic nitrogens is 1. The van der Waals surface area contributed by atoms with Crippen LogP contribution in [-0.2, 0) is 0 Å². The van der Waals surface area contributed by atoms with E-state index in [-0.39, 0.29) is 5.91 Å². The smallest absolute Gasteiger partial charge is 0.255 e. The summed E-state index contributed by atoms with van der Waals surface area (Å²) in [7, 11) is 0. The summed E-state index contributed by atoms with van der Waals surface area (Å²) in [4.78, 5) is 16.6. The number of carbonyl (C=O) groups excluding carboxylic acids is 1. The average Bonchev–Trinajstić information content (AvgIpc) is 2.47. The van der Waals surface area contributed by atoms with Gasteiger partial charge >= 0.3 is 0 Å². The summed E-state index contributed by atoms with van der Waals surface area (Å²) in [5.74, 6) is -0.106. The van der Waals surface area contributed by atoms with Gasteiger partial charge in [-0.2, -0.15) is 0 Å². The summed E-state index contributed by atoms with van der Waals surface area (Å²) in [5.41, 5.74) is 3.37. The van der Waals surface area contributed by atoms with Gasteiger partial charge in [0.2, 0.25) is 0 Å². The van der Waals surface area contributed by atoms with Crippen molar-refractivity contribution in [2.24, 2.45) is 0 Å². The Hall–Kier alpha value is -2.68. The number of pyridine rings is 1. The molecule has 0 bridgehead atoms. The second kappa shape index (κ2) is 5.13. The number of hydrogen-bond donors (Lipinski definition) is 1. The number of fused-ring (bicyclic) bond motifs is 1. The van der Waals surface area contributed by atoms with Crippen LogP contribution in [0, 0.1) is 6.92 Å². The van der Waals surface area contributed by atoms with E-state index in [0.717, 1.165) is 22.2 Å². The van der Waals surface area contributed by atoms with Gasteiger partial charge in [0.15, 0.2) is 0 Å². The van der Waals surface area contributed by atoms with Crippen molar-refractivity contribution in [1.82, 2.24) is 4.98 Å². The summed E-state index contributed by atoms with van der Waals surface area (Å²) < 4.78 is 0. The van der Waals surface area contributed by atoms with Crippen molar-refractivity contribution < 1.29 is 4.79 Å². The number of rotatable bonds is 2. The minimum atomic E-state index is -0.106. The Balaban J connectivity index is 1.95. The minimum Gasteiger partial charge on any atom is -0.321 e. The molecular weight excluding hydrogens is 248 g/mol. The van der Waals surface area contributed by atoms with E-state index in [2.05, 4.69) is 10.3 Å². The molecule has 1 aromatic heterocycles. The lowest BCUT2D eigenvalue weighted by atomic mass is 10.1. The van der Waals surface area contributed by atoms with Crippen molar-refractivity contribution >= 4 is 22.5 Å². The molecular formula is C17H14N2O. The van der Waals surface area contributed by atoms with Crippen molar-refractivity contribution in [3.8, 4) is 0 Å². The minimum absolute atomic E-state index is 0.106. The maximum Gasteiger partial charge on any atom is 0.255 e. The second-order valence-electron chi connectivity index (χ2n) is 4.70. The van der Waals surface area contributed by atoms with Gasteiger partial charge in [0.05, 0.1) is 11.2 Å². The van der Waals surface area contributed by atoms with E-state index in [0.29, 0.717) is 5.56 Å². The van der Waals surface area contributed by atoms with Crippen LogP contribution in [-0.4, -0.2) is 10.9 Å². The van der Waals surface area contributed by atoms with Crippen LogP contribution in [0.25, 0.3) is 10.9 Å². The number of amides is 1. The molecule has 98 valence electrons. The van der Waals surface area contributed by atoms with Gasteiger partial charge in [0, 0.05) is 17.1 Å². The monoisotopic (exact) mass is 262 g/mol. The number of nitrogens with zero attached hydrogens (tertiary/aromatic N) is 1. The zero-order chi connectivity index (χ0) is 13.9. The zero-order valence-corrected chi connectivity index (χ0v) is 11.1. The highest BCUT2D eigenvalue weighted by molar-refractivity contribution is 6.08. The molecule has 0 fully saturated rings. The normalized spacial score (nSPS) is 10.4. The third kappa shape index (κ3) is 2.38. The van der Waals surface area contributed by atoms with Crippen LogP contribution in [0.5, 0.6) is 0 Å². The Kier molecular flexibility index (Phi) is 3.17. The molecule has 0 aliphatic heterocycles. The molecule has 0 atom stereocenters. The highest BCUT2D eigenvalue weighted by Crippen LogP contribution is 2.22. The predicted molar refractivity (Wildman–Crippen MR) is 80.9 cm³/mol. The van der Waals surface area contributed by atoms with Gasteiger partial charge in [-0.3, -0.25) is 9.78 Å². The summed E-state index contributed by atoms with van der Waals surface area (Å²) >= 11 is 0. The lowest BCUT2D eigenvalue weighted by Crippen LogP contribution is -2.12. The molecule has 0 aliphatic carbocycles. The molecule has 2 aromatic carbocycles. The van der Waals surface area contributed by atoms with E-state index >= 15 is 0 Å². The first-order valence-corrected chi connectivity index (χ1v) is 6.46. The number of hydrogen-bond acceptors (Lipinski definition) is 2. The van der Waals surface area contributed by atoms with Crippen molar-refractivity contribution in [3.63, 3.8) is 0 Å². The second-order valence-corrected chi connectivity index (χ2v) is 4.70. The van der Waals surface area contributed by atoms with Crippen LogP contribution >= 0.6 is 0 Å². The van der Waals surface area contributed by atoms with E-state index < -0.39 is 0 Å². The molecule has 1 heterocycles. The molecule has 3 aromatic rings. The summed E-state index contributed by atoms with van der Waals surface area (Å²) in [6, 6.07) is 17.1. The van der Waals surface area contributed by atoms with E-state index in [4.69, 9.17) is 0 Å². The molecule has 0 saturated heterocycles. The van der Waals surface area contributed by atoms with Gasteiger partial charge in [-0.25, -0.2) is 0 Å². The molecule has 1 N–H and O–H groups in total. The largest absolute Gasteiger partial charge is 0.321 e. The van der Waals surface area contributed by atoms with Crippen molar-refractivity contribution in [2.75, 3.05) is 5.32 Å². The van der Waals surface area contributed by atoms with Gasteiger partial charge in [0.1, 0.15) is 0 Å². The van der Waals surface area contributed by atoms with Crippen LogP contribution in [0.2, 0.25) is 0 Å². The molecule has 0 unspecified atom stereocenters. The fourth-order valence-corrected chi connectivity index (χ4v) is 2.19. The molecule has 0 saturated carbocycles. The topological polar surface area (TPSA) is 42.0 Å². The Morgan fingerprint density at radius 3 is 2.75 bits per heavy atom. The quantitative estimate of drug-likeness (QED) is 0.763. The third-order valence-corrected chi connectivity index (χ3v) is 3.17. The fraction of sp³-hybridized carbons (Fsp3) is 0.0588. The van der Waals surface area contributed by atoms with E-state index in [1.807, 2.05) is 61.5 Å². The number of nitrogens with one attached hydrogen (secondary N) is 1. The Bertz CT molecular complexity index is 775. The number of carbonyl (C=O) groups is 1. The van der Waals surface area contributed by atoms with Crippen LogP contribution in [0.1, 0.15) is 15.9 Å². The van der Waals surface area contributed by atoms with Gasteiger partial charge < -0.3 is 5.32 Å². The lowest BCUT2D eigenvalue weighted by molar-refractivity contribution is 0.102. The molecule has 20 heavy (non-hydrogen) atoms. The maximum atomic E-state index is 12.3. The fourth-order valence-electron chi connectivity index (χ4n) is 2.19. The van der Waals surface area contributed by atoms with Crippen LogP contribution in [0.4, 0.5) is 5.69 Å². The highest BCUT2D eigenvalue weighted by atomic mass is 16.1. The van der Waals surface area contributed by atoms with Crippen LogP contribution < -0.4 is 5.32 Å². The van der Waals surface area contributed by atoms with E-state index in [1.54, 1.807) is 6.20 Å². The van der Waals surface area contributed by atoms with Gasteiger partial charge in [-0.15, -0.1) is 0 Å². The van der Waals surface area contributed by atoms with Crippen LogP contribution in [0.3, 0.4) is 0 Å². The molecule has 0 radical (unpaired) electrons. The Labute approximate surface area is 117 Å². The Morgan fingerprint density at radius 1 is 1.05 bits per heavy atom. The first-order valence-electron chi connectivity index (χ1n) is 6.46. The Morgan fingerprint density at radius 2 is 1.90 bits per heavy atom.